The van der Waals surface area contributed by atoms with Gasteiger partial charge in [-0.05, 0) is 6.92 Å². The van der Waals surface area contributed by atoms with Gasteiger partial charge in [-0.1, -0.05) is 0 Å². The standard InChI is InChI=1S/C11H17N3O2S/c1-9-12-2-3-13(9)4-5-14-6-7-17-8-10(14)11(15)16/h2-3,10H,4-8H2,1H3,(H,15,16). The van der Waals surface area contributed by atoms with Gasteiger partial charge in [0, 0.05) is 43.5 Å². The highest BCUT2D eigenvalue weighted by atomic mass is 32.2. The van der Waals surface area contributed by atoms with Crippen LogP contribution in [0.5, 0.6) is 0 Å². The van der Waals surface area contributed by atoms with Crippen LogP contribution in [0.25, 0.3) is 0 Å². The molecule has 1 aliphatic heterocycles. The number of rotatable bonds is 4. The van der Waals surface area contributed by atoms with Crippen LogP contribution in [-0.4, -0.2) is 56.2 Å². The van der Waals surface area contributed by atoms with E-state index in [0.29, 0.717) is 5.75 Å². The van der Waals surface area contributed by atoms with E-state index in [1.54, 1.807) is 18.0 Å². The fourth-order valence-electron chi connectivity index (χ4n) is 2.01. The molecule has 1 saturated heterocycles. The van der Waals surface area contributed by atoms with Crippen LogP contribution in [0.15, 0.2) is 12.4 Å². The summed E-state index contributed by atoms with van der Waals surface area (Å²) in [5, 5.41) is 9.15. The van der Waals surface area contributed by atoms with E-state index in [0.717, 1.165) is 31.2 Å². The minimum Gasteiger partial charge on any atom is -0.480 e. The highest BCUT2D eigenvalue weighted by molar-refractivity contribution is 7.99. The summed E-state index contributed by atoms with van der Waals surface area (Å²) in [5.41, 5.74) is 0. The number of hydrogen-bond acceptors (Lipinski definition) is 4. The van der Waals surface area contributed by atoms with Crippen LogP contribution >= 0.6 is 11.8 Å². The lowest BCUT2D eigenvalue weighted by molar-refractivity contribution is -0.142. The van der Waals surface area contributed by atoms with Gasteiger partial charge >= 0.3 is 5.97 Å². The van der Waals surface area contributed by atoms with Crippen LogP contribution in [0.4, 0.5) is 0 Å². The molecule has 1 aromatic rings. The van der Waals surface area contributed by atoms with Crippen molar-refractivity contribution < 1.29 is 9.90 Å². The maximum absolute atomic E-state index is 11.1. The van der Waals surface area contributed by atoms with Crippen molar-refractivity contribution in [3.63, 3.8) is 0 Å². The molecule has 17 heavy (non-hydrogen) atoms. The number of carboxylic acids is 1. The minimum absolute atomic E-state index is 0.336. The Morgan fingerprint density at radius 2 is 2.47 bits per heavy atom. The van der Waals surface area contributed by atoms with Gasteiger partial charge in [-0.2, -0.15) is 11.8 Å². The largest absolute Gasteiger partial charge is 0.480 e. The third kappa shape index (κ3) is 3.01. The topological polar surface area (TPSA) is 58.4 Å². The zero-order valence-corrected chi connectivity index (χ0v) is 10.7. The maximum Gasteiger partial charge on any atom is 0.321 e. The molecule has 2 heterocycles. The van der Waals surface area contributed by atoms with E-state index in [4.69, 9.17) is 5.11 Å². The highest BCUT2D eigenvalue weighted by Gasteiger charge is 2.28. The van der Waals surface area contributed by atoms with E-state index >= 15 is 0 Å². The number of imidazole rings is 1. The second kappa shape index (κ2) is 5.55. The Morgan fingerprint density at radius 3 is 3.12 bits per heavy atom. The third-order valence-corrected chi connectivity index (χ3v) is 4.10. The zero-order valence-electron chi connectivity index (χ0n) is 9.87. The van der Waals surface area contributed by atoms with Gasteiger partial charge in [-0.25, -0.2) is 4.98 Å². The molecule has 1 N–H and O–H groups in total. The first-order valence-electron chi connectivity index (χ1n) is 5.71. The average molecular weight is 255 g/mol. The van der Waals surface area contributed by atoms with Crippen molar-refractivity contribution in [3.05, 3.63) is 18.2 Å². The van der Waals surface area contributed by atoms with Crippen LogP contribution in [0.1, 0.15) is 5.82 Å². The van der Waals surface area contributed by atoms with Crippen molar-refractivity contribution >= 4 is 17.7 Å². The Labute approximate surface area is 105 Å². The predicted molar refractivity (Wildman–Crippen MR) is 67.3 cm³/mol. The average Bonchev–Trinajstić information content (AvgIpc) is 2.72. The summed E-state index contributed by atoms with van der Waals surface area (Å²) in [6.45, 7) is 4.39. The van der Waals surface area contributed by atoms with Crippen LogP contribution < -0.4 is 0 Å². The Hall–Kier alpha value is -1.01. The van der Waals surface area contributed by atoms with E-state index in [1.165, 1.54) is 0 Å². The van der Waals surface area contributed by atoms with E-state index < -0.39 is 5.97 Å². The lowest BCUT2D eigenvalue weighted by Gasteiger charge is -2.32. The molecular weight excluding hydrogens is 238 g/mol. The van der Waals surface area contributed by atoms with E-state index in [1.807, 2.05) is 13.1 Å². The van der Waals surface area contributed by atoms with Crippen LogP contribution in [0.3, 0.4) is 0 Å². The van der Waals surface area contributed by atoms with Gasteiger partial charge in [0.15, 0.2) is 0 Å². The second-order valence-electron chi connectivity index (χ2n) is 4.13. The normalized spacial score (nSPS) is 21.6. The molecule has 0 radical (unpaired) electrons. The first kappa shape index (κ1) is 12.4. The SMILES string of the molecule is Cc1nccn1CCN1CCSCC1C(=O)O. The molecule has 0 aliphatic carbocycles. The van der Waals surface area contributed by atoms with Crippen molar-refractivity contribution in [3.8, 4) is 0 Å². The number of carboxylic acid groups (broad SMARTS) is 1. The minimum atomic E-state index is -0.709. The monoisotopic (exact) mass is 255 g/mol. The summed E-state index contributed by atoms with van der Waals surface area (Å²) < 4.78 is 2.06. The Balaban J connectivity index is 1.92. The summed E-state index contributed by atoms with van der Waals surface area (Å²) in [7, 11) is 0. The first-order valence-corrected chi connectivity index (χ1v) is 6.86. The van der Waals surface area contributed by atoms with E-state index in [9.17, 15) is 4.79 Å². The number of nitrogens with zero attached hydrogens (tertiary/aromatic N) is 3. The van der Waals surface area contributed by atoms with Crippen molar-refractivity contribution in [2.75, 3.05) is 24.6 Å². The van der Waals surface area contributed by atoms with Crippen LogP contribution in [-0.2, 0) is 11.3 Å². The highest BCUT2D eigenvalue weighted by Crippen LogP contribution is 2.16. The van der Waals surface area contributed by atoms with E-state index in [2.05, 4.69) is 14.5 Å². The molecule has 2 rings (SSSR count). The summed E-state index contributed by atoms with van der Waals surface area (Å²) in [6.07, 6.45) is 3.71. The smallest absolute Gasteiger partial charge is 0.321 e. The molecular formula is C11H17N3O2S. The molecule has 0 spiro atoms. The quantitative estimate of drug-likeness (QED) is 0.858. The molecule has 1 atom stereocenters. The zero-order chi connectivity index (χ0) is 12.3. The summed E-state index contributed by atoms with van der Waals surface area (Å²) in [5.74, 6) is 1.98. The van der Waals surface area contributed by atoms with E-state index in [-0.39, 0.29) is 6.04 Å². The number of aryl methyl sites for hydroxylation is 1. The van der Waals surface area contributed by atoms with Crippen LogP contribution in [0.2, 0.25) is 0 Å². The lowest BCUT2D eigenvalue weighted by Crippen LogP contribution is -2.48. The molecule has 1 unspecified atom stereocenters. The first-order chi connectivity index (χ1) is 8.18. The molecule has 0 saturated carbocycles. The number of aliphatic carboxylic acids is 1. The molecule has 0 amide bonds. The molecule has 94 valence electrons. The summed E-state index contributed by atoms with van der Waals surface area (Å²) in [4.78, 5) is 17.3. The van der Waals surface area contributed by atoms with Crippen molar-refractivity contribution in [1.29, 1.82) is 0 Å². The maximum atomic E-state index is 11.1. The summed E-state index contributed by atoms with van der Waals surface area (Å²) >= 11 is 1.72. The fraction of sp³-hybridized carbons (Fsp3) is 0.636. The number of aromatic nitrogens is 2. The van der Waals surface area contributed by atoms with Gasteiger partial charge in [-0.3, -0.25) is 9.69 Å². The number of hydrogen-bond donors (Lipinski definition) is 1. The molecule has 0 bridgehead atoms. The number of thioether (sulfide) groups is 1. The fourth-order valence-corrected chi connectivity index (χ4v) is 3.12. The molecule has 0 aromatic carbocycles. The van der Waals surface area contributed by atoms with Gasteiger partial charge in [-0.15, -0.1) is 0 Å². The second-order valence-corrected chi connectivity index (χ2v) is 5.28. The molecule has 1 fully saturated rings. The molecule has 5 nitrogen and oxygen atoms in total. The van der Waals surface area contributed by atoms with Gasteiger partial charge in [0.05, 0.1) is 0 Å². The van der Waals surface area contributed by atoms with Crippen molar-refractivity contribution in [2.24, 2.45) is 0 Å². The number of carbonyl (C=O) groups is 1. The van der Waals surface area contributed by atoms with Gasteiger partial charge in [0.2, 0.25) is 0 Å². The van der Waals surface area contributed by atoms with Crippen molar-refractivity contribution in [1.82, 2.24) is 14.5 Å². The van der Waals surface area contributed by atoms with Gasteiger partial charge in [0.1, 0.15) is 11.9 Å². The van der Waals surface area contributed by atoms with Crippen molar-refractivity contribution in [2.45, 2.75) is 19.5 Å². The summed E-state index contributed by atoms with van der Waals surface area (Å²) in [6, 6.07) is -0.336. The molecule has 1 aliphatic rings. The Kier molecular flexibility index (Phi) is 4.06. The third-order valence-electron chi connectivity index (χ3n) is 3.08. The Bertz CT molecular complexity index is 394. The van der Waals surface area contributed by atoms with Crippen LogP contribution in [0, 0.1) is 6.92 Å². The molecule has 6 heteroatoms. The van der Waals surface area contributed by atoms with Gasteiger partial charge < -0.3 is 9.67 Å². The lowest BCUT2D eigenvalue weighted by atomic mass is 10.2. The van der Waals surface area contributed by atoms with Gasteiger partial charge in [0.25, 0.3) is 0 Å². The molecule has 1 aromatic heterocycles. The predicted octanol–water partition coefficient (Wildman–Crippen LogP) is 0.694. The Morgan fingerprint density at radius 1 is 1.65 bits per heavy atom.